The molecular formula is C25H32F2N4OS. The Morgan fingerprint density at radius 2 is 1.91 bits per heavy atom. The maximum Gasteiger partial charge on any atom is 0.282 e. The summed E-state index contributed by atoms with van der Waals surface area (Å²) < 4.78 is 26.4. The molecule has 1 saturated heterocycles. The Balaban J connectivity index is 1.02. The third-order valence-corrected chi connectivity index (χ3v) is 8.40. The van der Waals surface area contributed by atoms with E-state index in [1.54, 1.807) is 16.2 Å². The Labute approximate surface area is 198 Å². The first-order valence-electron chi connectivity index (χ1n) is 12.1. The summed E-state index contributed by atoms with van der Waals surface area (Å²) in [7, 11) is 0. The lowest BCUT2D eigenvalue weighted by atomic mass is 9.84. The van der Waals surface area contributed by atoms with E-state index in [1.165, 1.54) is 24.1 Å². The van der Waals surface area contributed by atoms with Gasteiger partial charge in [0.2, 0.25) is 5.91 Å². The van der Waals surface area contributed by atoms with Crippen LogP contribution in [0.5, 0.6) is 0 Å². The standard InChI is InChI=1S/C25H32F2N4OS/c26-25(27)16-31(17-25)24-29-21-15-30(13-11-22(21)33-24)12-10-18-6-8-20(9-7-18)28-23(32)14-19-4-2-1-3-5-19/h1-5,18,20H,6-17H2,(H,28,32)/t18-,20-. The van der Waals surface area contributed by atoms with Crippen LogP contribution in [0.15, 0.2) is 30.3 Å². The molecule has 0 bridgehead atoms. The summed E-state index contributed by atoms with van der Waals surface area (Å²) in [6.07, 6.45) is 7.05. The van der Waals surface area contributed by atoms with Crippen LogP contribution < -0.4 is 10.2 Å². The van der Waals surface area contributed by atoms with Crippen LogP contribution in [-0.4, -0.2) is 53.9 Å². The van der Waals surface area contributed by atoms with E-state index in [0.717, 1.165) is 55.3 Å². The molecule has 5 rings (SSSR count). The summed E-state index contributed by atoms with van der Waals surface area (Å²) in [6.45, 7) is 2.53. The topological polar surface area (TPSA) is 48.5 Å². The number of fused-ring (bicyclic) bond motifs is 1. The first kappa shape index (κ1) is 22.7. The molecule has 1 N–H and O–H groups in total. The molecule has 0 atom stereocenters. The van der Waals surface area contributed by atoms with Gasteiger partial charge in [-0.3, -0.25) is 9.69 Å². The van der Waals surface area contributed by atoms with Gasteiger partial charge in [0.05, 0.1) is 25.2 Å². The lowest BCUT2D eigenvalue weighted by Gasteiger charge is -2.38. The lowest BCUT2D eigenvalue weighted by Crippen LogP contribution is -2.56. The van der Waals surface area contributed by atoms with Crippen molar-refractivity contribution in [1.82, 2.24) is 15.2 Å². The number of carbonyl (C=O) groups excluding carboxylic acids is 1. The molecule has 2 fully saturated rings. The highest BCUT2D eigenvalue weighted by molar-refractivity contribution is 7.15. The zero-order valence-corrected chi connectivity index (χ0v) is 19.8. The smallest absolute Gasteiger partial charge is 0.282 e. The number of rotatable bonds is 7. The molecular weight excluding hydrogens is 442 g/mol. The third kappa shape index (κ3) is 5.72. The van der Waals surface area contributed by atoms with Crippen molar-refractivity contribution in [3.05, 3.63) is 46.5 Å². The number of thiazole rings is 1. The van der Waals surface area contributed by atoms with Crippen molar-refractivity contribution in [3.63, 3.8) is 0 Å². The van der Waals surface area contributed by atoms with E-state index in [9.17, 15) is 13.6 Å². The molecule has 1 saturated carbocycles. The van der Waals surface area contributed by atoms with Crippen LogP contribution in [0.2, 0.25) is 0 Å². The fraction of sp³-hybridized carbons (Fsp3) is 0.600. The second kappa shape index (κ2) is 9.66. The van der Waals surface area contributed by atoms with Crippen molar-refractivity contribution >= 4 is 22.4 Å². The highest BCUT2D eigenvalue weighted by Gasteiger charge is 2.45. The number of nitrogens with zero attached hydrogens (tertiary/aromatic N) is 3. The number of carbonyl (C=O) groups is 1. The van der Waals surface area contributed by atoms with Crippen LogP contribution in [0.4, 0.5) is 13.9 Å². The van der Waals surface area contributed by atoms with Gasteiger partial charge in [-0.05, 0) is 56.6 Å². The van der Waals surface area contributed by atoms with Crippen LogP contribution in [0.25, 0.3) is 0 Å². The van der Waals surface area contributed by atoms with Crippen molar-refractivity contribution < 1.29 is 13.6 Å². The number of amides is 1. The molecule has 1 aromatic heterocycles. The largest absolute Gasteiger partial charge is 0.353 e. The van der Waals surface area contributed by atoms with E-state index in [4.69, 9.17) is 0 Å². The predicted octanol–water partition coefficient (Wildman–Crippen LogP) is 4.26. The van der Waals surface area contributed by atoms with Crippen LogP contribution in [0, 0.1) is 5.92 Å². The van der Waals surface area contributed by atoms with Gasteiger partial charge in [0, 0.05) is 24.0 Å². The molecule has 1 amide bonds. The number of benzene rings is 1. The van der Waals surface area contributed by atoms with Gasteiger partial charge in [-0.2, -0.15) is 0 Å². The number of halogens is 2. The Kier molecular flexibility index (Phi) is 6.65. The van der Waals surface area contributed by atoms with Crippen molar-refractivity contribution in [2.24, 2.45) is 5.92 Å². The second-order valence-corrected chi connectivity index (χ2v) is 10.9. The summed E-state index contributed by atoms with van der Waals surface area (Å²) in [4.78, 5) is 22.4. The normalized spacial score (nSPS) is 24.7. The molecule has 0 radical (unpaired) electrons. The van der Waals surface area contributed by atoms with Crippen LogP contribution >= 0.6 is 11.3 Å². The average molecular weight is 475 g/mol. The van der Waals surface area contributed by atoms with E-state index >= 15 is 0 Å². The molecule has 3 heterocycles. The number of aromatic nitrogens is 1. The molecule has 8 heteroatoms. The second-order valence-electron chi connectivity index (χ2n) is 9.84. The number of anilines is 1. The van der Waals surface area contributed by atoms with E-state index in [2.05, 4.69) is 15.2 Å². The molecule has 0 unspecified atom stereocenters. The number of hydrogen-bond acceptors (Lipinski definition) is 5. The zero-order valence-electron chi connectivity index (χ0n) is 18.9. The molecule has 2 aliphatic heterocycles. The minimum atomic E-state index is -2.55. The van der Waals surface area contributed by atoms with Crippen LogP contribution in [-0.2, 0) is 24.2 Å². The van der Waals surface area contributed by atoms with Crippen LogP contribution in [0.3, 0.4) is 0 Å². The lowest BCUT2D eigenvalue weighted by molar-refractivity contribution is -0.121. The highest BCUT2D eigenvalue weighted by atomic mass is 32.1. The predicted molar refractivity (Wildman–Crippen MR) is 127 cm³/mol. The highest BCUT2D eigenvalue weighted by Crippen LogP contribution is 2.37. The molecule has 1 aromatic carbocycles. The van der Waals surface area contributed by atoms with Gasteiger partial charge in [-0.1, -0.05) is 30.3 Å². The summed E-state index contributed by atoms with van der Waals surface area (Å²) in [6, 6.07) is 10.2. The van der Waals surface area contributed by atoms with Gasteiger partial charge in [0.1, 0.15) is 0 Å². The maximum atomic E-state index is 13.2. The molecule has 5 nitrogen and oxygen atoms in total. The summed E-state index contributed by atoms with van der Waals surface area (Å²) in [5.41, 5.74) is 2.14. The summed E-state index contributed by atoms with van der Waals surface area (Å²) in [5, 5.41) is 3.99. The van der Waals surface area contributed by atoms with Gasteiger partial charge >= 0.3 is 0 Å². The fourth-order valence-corrected chi connectivity index (χ4v) is 6.29. The van der Waals surface area contributed by atoms with Gasteiger partial charge < -0.3 is 10.2 Å². The number of alkyl halides is 2. The van der Waals surface area contributed by atoms with E-state index < -0.39 is 5.92 Å². The molecule has 2 aromatic rings. The molecule has 3 aliphatic rings. The van der Waals surface area contributed by atoms with Gasteiger partial charge in [-0.15, -0.1) is 11.3 Å². The fourth-order valence-electron chi connectivity index (χ4n) is 5.23. The number of hydrogen-bond donors (Lipinski definition) is 1. The Morgan fingerprint density at radius 3 is 2.64 bits per heavy atom. The average Bonchev–Trinajstić information content (AvgIpc) is 3.21. The number of nitrogens with one attached hydrogen (secondary N) is 1. The van der Waals surface area contributed by atoms with Crippen molar-refractivity contribution in [1.29, 1.82) is 0 Å². The molecule has 178 valence electrons. The summed E-state index contributed by atoms with van der Waals surface area (Å²) in [5.74, 6) is -1.72. The zero-order chi connectivity index (χ0) is 22.8. The van der Waals surface area contributed by atoms with Gasteiger partial charge in [0.25, 0.3) is 5.92 Å². The van der Waals surface area contributed by atoms with Crippen molar-refractivity contribution in [2.75, 3.05) is 31.1 Å². The molecule has 33 heavy (non-hydrogen) atoms. The monoisotopic (exact) mass is 474 g/mol. The van der Waals surface area contributed by atoms with Crippen LogP contribution in [0.1, 0.15) is 48.2 Å². The minimum Gasteiger partial charge on any atom is -0.353 e. The van der Waals surface area contributed by atoms with E-state index in [0.29, 0.717) is 18.4 Å². The van der Waals surface area contributed by atoms with E-state index in [1.807, 2.05) is 30.3 Å². The first-order chi connectivity index (χ1) is 15.9. The Bertz CT molecular complexity index is 951. The quantitative estimate of drug-likeness (QED) is 0.651. The Morgan fingerprint density at radius 1 is 1.15 bits per heavy atom. The maximum absolute atomic E-state index is 13.2. The third-order valence-electron chi connectivity index (χ3n) is 7.18. The SMILES string of the molecule is O=C(Cc1ccccc1)N[C@H]1CC[C@H](CCN2CCc3sc(N4CC(F)(F)C4)nc3C2)CC1. The molecule has 0 spiro atoms. The Hall–Kier alpha value is -2.06. The van der Waals surface area contributed by atoms with E-state index in [-0.39, 0.29) is 19.0 Å². The van der Waals surface area contributed by atoms with Gasteiger partial charge in [0.15, 0.2) is 5.13 Å². The van der Waals surface area contributed by atoms with Gasteiger partial charge in [-0.25, -0.2) is 13.8 Å². The summed E-state index contributed by atoms with van der Waals surface area (Å²) >= 11 is 1.59. The molecule has 1 aliphatic carbocycles. The van der Waals surface area contributed by atoms with Crippen molar-refractivity contribution in [3.8, 4) is 0 Å². The minimum absolute atomic E-state index is 0.123. The van der Waals surface area contributed by atoms with Crippen molar-refractivity contribution in [2.45, 2.75) is 63.5 Å². The first-order valence-corrected chi connectivity index (χ1v) is 12.9.